The van der Waals surface area contributed by atoms with Crippen LogP contribution in [0.4, 0.5) is 5.69 Å². The van der Waals surface area contributed by atoms with Gasteiger partial charge in [0.25, 0.3) is 0 Å². The van der Waals surface area contributed by atoms with Gasteiger partial charge in [-0.05, 0) is 67.5 Å². The van der Waals surface area contributed by atoms with Crippen LogP contribution in [0.3, 0.4) is 0 Å². The maximum Gasteiger partial charge on any atom is 0.303 e. The fraction of sp³-hybridized carbons (Fsp3) is 0.310. The van der Waals surface area contributed by atoms with Gasteiger partial charge in [-0.25, -0.2) is 0 Å². The van der Waals surface area contributed by atoms with Crippen molar-refractivity contribution in [3.8, 4) is 0 Å². The van der Waals surface area contributed by atoms with E-state index in [-0.39, 0.29) is 6.42 Å². The van der Waals surface area contributed by atoms with E-state index in [1.54, 1.807) is 0 Å². The molecule has 4 nitrogen and oxygen atoms in total. The molecule has 2 aliphatic rings. The number of unbranched alkanes of at least 4 members (excludes halogenated alkanes) is 2. The molecule has 0 amide bonds. The van der Waals surface area contributed by atoms with E-state index in [1.807, 2.05) is 11.8 Å². The molecule has 5 heteroatoms. The number of anilines is 1. The fourth-order valence-electron chi connectivity index (χ4n) is 4.92. The van der Waals surface area contributed by atoms with Crippen LogP contribution in [0.1, 0.15) is 49.7 Å². The van der Waals surface area contributed by atoms with Gasteiger partial charge in [0.1, 0.15) is 6.54 Å². The Labute approximate surface area is 205 Å². The molecule has 3 aromatic rings. The topological polar surface area (TPSA) is 44.4 Å². The Morgan fingerprint density at radius 2 is 2.00 bits per heavy atom. The molecule has 2 aromatic carbocycles. The smallest absolute Gasteiger partial charge is 0.303 e. The highest BCUT2D eigenvalue weighted by molar-refractivity contribution is 8.03. The number of carbonyl (C=O) groups is 1. The zero-order chi connectivity index (χ0) is 23.5. The molecular formula is C29H31N2O2S+. The Kier molecular flexibility index (Phi) is 6.73. The van der Waals surface area contributed by atoms with E-state index in [1.165, 1.54) is 49.6 Å². The minimum absolute atomic E-state index is 0.257. The third-order valence-electron chi connectivity index (χ3n) is 6.67. The van der Waals surface area contributed by atoms with E-state index < -0.39 is 5.97 Å². The first kappa shape index (κ1) is 22.7. The number of nitrogens with zero attached hydrogens (tertiary/aromatic N) is 2. The summed E-state index contributed by atoms with van der Waals surface area (Å²) in [6.07, 6.45) is 12.0. The molecule has 0 saturated carbocycles. The highest BCUT2D eigenvalue weighted by atomic mass is 32.2. The van der Waals surface area contributed by atoms with Crippen molar-refractivity contribution in [1.29, 1.82) is 0 Å². The number of hydrogen-bond acceptors (Lipinski definition) is 3. The summed E-state index contributed by atoms with van der Waals surface area (Å²) in [6.45, 7) is 4.16. The Morgan fingerprint density at radius 3 is 2.88 bits per heavy atom. The average molecular weight is 472 g/mol. The summed E-state index contributed by atoms with van der Waals surface area (Å²) in [4.78, 5) is 14.6. The lowest BCUT2D eigenvalue weighted by molar-refractivity contribution is -0.671. The van der Waals surface area contributed by atoms with Crippen molar-refractivity contribution in [3.05, 3.63) is 82.5 Å². The van der Waals surface area contributed by atoms with E-state index in [4.69, 9.17) is 5.11 Å². The van der Waals surface area contributed by atoms with Crippen LogP contribution in [-0.2, 0) is 11.3 Å². The minimum atomic E-state index is -0.707. The normalized spacial score (nSPS) is 15.3. The summed E-state index contributed by atoms with van der Waals surface area (Å²) in [5.74, 6) is -0.707. The summed E-state index contributed by atoms with van der Waals surface area (Å²) in [5, 5.41) is 11.5. The second-order valence-corrected chi connectivity index (χ2v) is 10.2. The van der Waals surface area contributed by atoms with Crippen LogP contribution in [0, 0.1) is 6.92 Å². The number of allylic oxidation sites excluding steroid dienone is 2. The lowest BCUT2D eigenvalue weighted by atomic mass is 10.0. The lowest BCUT2D eigenvalue weighted by Crippen LogP contribution is -2.34. The van der Waals surface area contributed by atoms with E-state index in [0.717, 1.165) is 38.8 Å². The number of carboxylic acid groups (broad SMARTS) is 1. The quantitative estimate of drug-likeness (QED) is 0.293. The monoisotopic (exact) mass is 471 g/mol. The first-order valence-electron chi connectivity index (χ1n) is 12.2. The Bertz CT molecular complexity index is 1290. The Balaban J connectivity index is 1.37. The van der Waals surface area contributed by atoms with Crippen LogP contribution in [0.2, 0.25) is 0 Å². The van der Waals surface area contributed by atoms with Gasteiger partial charge in [0.15, 0.2) is 6.20 Å². The molecule has 0 fully saturated rings. The summed E-state index contributed by atoms with van der Waals surface area (Å²) < 4.78 is 2.30. The number of benzene rings is 2. The van der Waals surface area contributed by atoms with Crippen LogP contribution >= 0.6 is 11.8 Å². The largest absolute Gasteiger partial charge is 0.481 e. The number of aryl methyl sites for hydroxylation is 2. The van der Waals surface area contributed by atoms with Gasteiger partial charge >= 0.3 is 5.97 Å². The van der Waals surface area contributed by atoms with Crippen LogP contribution in [0.25, 0.3) is 17.0 Å². The number of carboxylic acids is 1. The van der Waals surface area contributed by atoms with Crippen molar-refractivity contribution >= 4 is 40.4 Å². The third kappa shape index (κ3) is 4.76. The van der Waals surface area contributed by atoms with Gasteiger partial charge in [0.2, 0.25) is 5.52 Å². The molecule has 0 unspecified atom stereocenters. The summed E-state index contributed by atoms with van der Waals surface area (Å²) >= 11 is 1.91. The van der Waals surface area contributed by atoms with Crippen molar-refractivity contribution in [1.82, 2.24) is 0 Å². The van der Waals surface area contributed by atoms with E-state index in [2.05, 4.69) is 83.3 Å². The van der Waals surface area contributed by atoms with Gasteiger partial charge in [0.05, 0.1) is 16.1 Å². The molecule has 34 heavy (non-hydrogen) atoms. The number of hydrogen-bond donors (Lipinski definition) is 1. The van der Waals surface area contributed by atoms with Crippen molar-refractivity contribution in [2.24, 2.45) is 0 Å². The number of pyridine rings is 1. The highest BCUT2D eigenvalue weighted by Crippen LogP contribution is 2.50. The van der Waals surface area contributed by atoms with Crippen molar-refractivity contribution in [3.63, 3.8) is 0 Å². The third-order valence-corrected chi connectivity index (χ3v) is 7.90. The van der Waals surface area contributed by atoms with Crippen LogP contribution in [0.15, 0.2) is 76.3 Å². The molecular weight excluding hydrogens is 440 g/mol. The lowest BCUT2D eigenvalue weighted by Gasteiger charge is -2.27. The predicted molar refractivity (Wildman–Crippen MR) is 140 cm³/mol. The second kappa shape index (κ2) is 10.1. The van der Waals surface area contributed by atoms with Gasteiger partial charge in [-0.3, -0.25) is 4.79 Å². The molecule has 174 valence electrons. The maximum atomic E-state index is 10.7. The maximum absolute atomic E-state index is 10.7. The van der Waals surface area contributed by atoms with Crippen LogP contribution in [0.5, 0.6) is 0 Å². The predicted octanol–water partition coefficient (Wildman–Crippen LogP) is 6.71. The Morgan fingerprint density at radius 1 is 1.12 bits per heavy atom. The fourth-order valence-corrected chi connectivity index (χ4v) is 6.26. The van der Waals surface area contributed by atoms with Crippen LogP contribution in [-0.4, -0.2) is 17.6 Å². The molecule has 0 saturated heterocycles. The molecule has 0 spiro atoms. The summed E-state index contributed by atoms with van der Waals surface area (Å²) in [6, 6.07) is 17.6. The molecule has 0 radical (unpaired) electrons. The summed E-state index contributed by atoms with van der Waals surface area (Å²) in [5.41, 5.74) is 6.55. The number of aliphatic carboxylic acids is 1. The van der Waals surface area contributed by atoms with E-state index >= 15 is 0 Å². The molecule has 1 N–H and O–H groups in total. The SMILES string of the molecule is Cc1ccc2c(c1)SC1=C(C=Cc3cc[n+](CCCCCC(=O)O)c4ccccc34)CCCN12. The van der Waals surface area contributed by atoms with Crippen molar-refractivity contribution in [2.45, 2.75) is 56.9 Å². The van der Waals surface area contributed by atoms with E-state index in [0.29, 0.717) is 0 Å². The minimum Gasteiger partial charge on any atom is -0.481 e. The van der Waals surface area contributed by atoms with Crippen molar-refractivity contribution < 1.29 is 14.5 Å². The molecule has 0 aliphatic carbocycles. The number of para-hydroxylation sites is 1. The Hall–Kier alpha value is -3.05. The van der Waals surface area contributed by atoms with Gasteiger partial charge < -0.3 is 10.0 Å². The molecule has 0 atom stereocenters. The second-order valence-electron chi connectivity index (χ2n) is 9.18. The molecule has 1 aromatic heterocycles. The summed E-state index contributed by atoms with van der Waals surface area (Å²) in [7, 11) is 0. The zero-order valence-corrected chi connectivity index (χ0v) is 20.5. The van der Waals surface area contributed by atoms with Crippen molar-refractivity contribution in [2.75, 3.05) is 11.4 Å². The van der Waals surface area contributed by atoms with Gasteiger partial charge in [-0.2, -0.15) is 4.57 Å². The number of rotatable bonds is 8. The highest BCUT2D eigenvalue weighted by Gasteiger charge is 2.29. The number of fused-ring (bicyclic) bond motifs is 4. The van der Waals surface area contributed by atoms with Gasteiger partial charge in [0, 0.05) is 36.4 Å². The first-order chi connectivity index (χ1) is 16.6. The van der Waals surface area contributed by atoms with Crippen LogP contribution < -0.4 is 9.47 Å². The van der Waals surface area contributed by atoms with Gasteiger partial charge in [-0.15, -0.1) is 0 Å². The van der Waals surface area contributed by atoms with Gasteiger partial charge in [-0.1, -0.05) is 42.1 Å². The average Bonchev–Trinajstić information content (AvgIpc) is 3.21. The molecule has 3 heterocycles. The zero-order valence-electron chi connectivity index (χ0n) is 19.7. The molecule has 2 aliphatic heterocycles. The molecule has 5 rings (SSSR count). The molecule has 0 bridgehead atoms. The standard InChI is InChI=1S/C29H30N2O2S/c1-21-12-15-26-27(20-21)34-29-23(8-7-18-31(26)29)14-13-22-16-19-30(17-6-2-3-11-28(32)33)25-10-5-4-9-24(22)25/h4-5,9-10,12-16,19-20H,2-3,6-8,11,17-18H2,1H3/p+1. The van der Waals surface area contributed by atoms with E-state index in [9.17, 15) is 4.79 Å². The number of thioether (sulfide) groups is 1. The first-order valence-corrected chi connectivity index (χ1v) is 13.0. The number of aromatic nitrogens is 1.